The van der Waals surface area contributed by atoms with Crippen LogP contribution in [0.1, 0.15) is 18.1 Å². The van der Waals surface area contributed by atoms with Crippen LogP contribution in [0.25, 0.3) is 0 Å². The van der Waals surface area contributed by atoms with Gasteiger partial charge in [-0.3, -0.25) is 0 Å². The van der Waals surface area contributed by atoms with Crippen molar-refractivity contribution in [1.29, 1.82) is 0 Å². The van der Waals surface area contributed by atoms with Crippen LogP contribution in [-0.4, -0.2) is 51.8 Å². The van der Waals surface area contributed by atoms with Crippen molar-refractivity contribution in [3.8, 4) is 11.5 Å². The Morgan fingerprint density at radius 1 is 1.14 bits per heavy atom. The lowest BCUT2D eigenvalue weighted by molar-refractivity contribution is 0.243. The second-order valence-corrected chi connectivity index (χ2v) is 5.65. The Morgan fingerprint density at radius 3 is 2.33 bits per heavy atom. The Bertz CT molecular complexity index is 474. The van der Waals surface area contributed by atoms with Gasteiger partial charge < -0.3 is 19.7 Å². The molecule has 0 spiro atoms. The van der Waals surface area contributed by atoms with Crippen molar-refractivity contribution in [2.75, 3.05) is 46.9 Å². The van der Waals surface area contributed by atoms with E-state index in [1.165, 1.54) is 5.56 Å². The van der Waals surface area contributed by atoms with Crippen molar-refractivity contribution >= 4 is 11.6 Å². The lowest BCUT2D eigenvalue weighted by Gasteiger charge is -2.27. The monoisotopic (exact) mass is 312 g/mol. The smallest absolute Gasteiger partial charge is 0.144 e. The van der Waals surface area contributed by atoms with Crippen molar-refractivity contribution in [2.45, 2.75) is 19.8 Å². The molecule has 2 rings (SSSR count). The number of rotatable bonds is 6. The first kappa shape index (κ1) is 16.4. The summed E-state index contributed by atoms with van der Waals surface area (Å²) in [5.41, 5.74) is 2.30. The summed E-state index contributed by atoms with van der Waals surface area (Å²) in [6, 6.07) is 2.17. The zero-order chi connectivity index (χ0) is 15.2. The molecular weight excluding hydrogens is 288 g/mol. The van der Waals surface area contributed by atoms with Crippen LogP contribution in [0.4, 0.5) is 0 Å². The number of methoxy groups -OCH3 is 2. The minimum Gasteiger partial charge on any atom is -0.495 e. The highest BCUT2D eigenvalue weighted by Gasteiger charge is 2.18. The summed E-state index contributed by atoms with van der Waals surface area (Å²) in [6.07, 6.45) is 1.84. The Kier molecular flexibility index (Phi) is 6.15. The van der Waals surface area contributed by atoms with Gasteiger partial charge in [-0.15, -0.1) is 0 Å². The van der Waals surface area contributed by atoms with E-state index in [9.17, 15) is 0 Å². The summed E-state index contributed by atoms with van der Waals surface area (Å²) in [6.45, 7) is 7.49. The fraction of sp³-hybridized carbons (Fsp3) is 0.625. The molecule has 1 aliphatic rings. The second kappa shape index (κ2) is 7.87. The first-order chi connectivity index (χ1) is 10.2. The molecule has 0 amide bonds. The Morgan fingerprint density at radius 2 is 1.76 bits per heavy atom. The number of benzene rings is 1. The van der Waals surface area contributed by atoms with Crippen LogP contribution >= 0.6 is 11.6 Å². The molecule has 0 aliphatic carbocycles. The van der Waals surface area contributed by atoms with Crippen LogP contribution in [0.15, 0.2) is 6.07 Å². The van der Waals surface area contributed by atoms with E-state index in [2.05, 4.69) is 23.2 Å². The number of nitrogens with one attached hydrogen (secondary N) is 1. The normalized spacial score (nSPS) is 16.0. The maximum absolute atomic E-state index is 6.45. The first-order valence-corrected chi connectivity index (χ1v) is 7.94. The molecule has 0 radical (unpaired) electrons. The molecule has 1 N–H and O–H groups in total. The standard InChI is InChI=1S/C16H25ClN2O2/c1-4-12-11-13(5-8-19-9-6-18-7-10-19)16(21-3)14(17)15(12)20-2/h11,18H,4-10H2,1-3H3. The maximum Gasteiger partial charge on any atom is 0.144 e. The predicted octanol–water partition coefficient (Wildman–Crippen LogP) is 2.37. The third-order valence-electron chi connectivity index (χ3n) is 4.03. The number of piperazine rings is 1. The summed E-state index contributed by atoms with van der Waals surface area (Å²) in [5.74, 6) is 1.49. The zero-order valence-electron chi connectivity index (χ0n) is 13.2. The molecule has 0 saturated carbocycles. The van der Waals surface area contributed by atoms with Gasteiger partial charge in [0.05, 0.1) is 14.2 Å². The van der Waals surface area contributed by atoms with Crippen molar-refractivity contribution in [1.82, 2.24) is 10.2 Å². The molecule has 4 nitrogen and oxygen atoms in total. The molecule has 1 aromatic carbocycles. The van der Waals surface area contributed by atoms with E-state index in [0.29, 0.717) is 5.02 Å². The highest BCUT2D eigenvalue weighted by Crippen LogP contribution is 2.40. The molecule has 118 valence electrons. The van der Waals surface area contributed by atoms with Gasteiger partial charge in [0, 0.05) is 32.7 Å². The van der Waals surface area contributed by atoms with Crippen molar-refractivity contribution in [3.05, 3.63) is 22.2 Å². The summed E-state index contributed by atoms with van der Waals surface area (Å²) < 4.78 is 10.9. The van der Waals surface area contributed by atoms with E-state index in [0.717, 1.165) is 62.6 Å². The Balaban J connectivity index is 2.18. The van der Waals surface area contributed by atoms with Gasteiger partial charge in [0.25, 0.3) is 0 Å². The lowest BCUT2D eigenvalue weighted by atomic mass is 10.0. The van der Waals surface area contributed by atoms with Gasteiger partial charge in [0.2, 0.25) is 0 Å². The quantitative estimate of drug-likeness (QED) is 0.874. The van der Waals surface area contributed by atoms with E-state index in [4.69, 9.17) is 21.1 Å². The fourth-order valence-corrected chi connectivity index (χ4v) is 3.23. The van der Waals surface area contributed by atoms with Gasteiger partial charge in [-0.05, 0) is 30.0 Å². The number of ether oxygens (including phenoxy) is 2. The van der Waals surface area contributed by atoms with E-state index in [-0.39, 0.29) is 0 Å². The molecule has 5 heteroatoms. The minimum atomic E-state index is 0.592. The molecule has 0 atom stereocenters. The average molecular weight is 313 g/mol. The lowest BCUT2D eigenvalue weighted by Crippen LogP contribution is -2.44. The van der Waals surface area contributed by atoms with E-state index >= 15 is 0 Å². The molecule has 1 saturated heterocycles. The molecule has 0 aromatic heterocycles. The Labute approximate surface area is 132 Å². The van der Waals surface area contributed by atoms with Crippen molar-refractivity contribution in [3.63, 3.8) is 0 Å². The number of nitrogens with zero attached hydrogens (tertiary/aromatic N) is 1. The topological polar surface area (TPSA) is 33.7 Å². The highest BCUT2D eigenvalue weighted by molar-refractivity contribution is 6.33. The molecule has 1 fully saturated rings. The molecular formula is C16H25ClN2O2. The maximum atomic E-state index is 6.45. The van der Waals surface area contributed by atoms with Gasteiger partial charge in [-0.2, -0.15) is 0 Å². The molecule has 21 heavy (non-hydrogen) atoms. The number of aryl methyl sites for hydroxylation is 1. The van der Waals surface area contributed by atoms with Crippen molar-refractivity contribution in [2.24, 2.45) is 0 Å². The van der Waals surface area contributed by atoms with E-state index < -0.39 is 0 Å². The van der Waals surface area contributed by atoms with Crippen molar-refractivity contribution < 1.29 is 9.47 Å². The van der Waals surface area contributed by atoms with Crippen LogP contribution in [0.5, 0.6) is 11.5 Å². The fourth-order valence-electron chi connectivity index (χ4n) is 2.83. The summed E-state index contributed by atoms with van der Waals surface area (Å²) in [5, 5.41) is 3.97. The van der Waals surface area contributed by atoms with Gasteiger partial charge in [-0.1, -0.05) is 18.5 Å². The largest absolute Gasteiger partial charge is 0.495 e. The summed E-state index contributed by atoms with van der Waals surface area (Å²) in [4.78, 5) is 2.47. The van der Waals surface area contributed by atoms with E-state index in [1.807, 2.05) is 0 Å². The van der Waals surface area contributed by atoms with Crippen LogP contribution in [0, 0.1) is 0 Å². The third kappa shape index (κ3) is 3.82. The summed E-state index contributed by atoms with van der Waals surface area (Å²) >= 11 is 6.45. The molecule has 1 heterocycles. The van der Waals surface area contributed by atoms with Crippen LogP contribution < -0.4 is 14.8 Å². The van der Waals surface area contributed by atoms with Gasteiger partial charge in [0.15, 0.2) is 0 Å². The molecule has 0 bridgehead atoms. The first-order valence-electron chi connectivity index (χ1n) is 7.56. The highest BCUT2D eigenvalue weighted by atomic mass is 35.5. The molecule has 0 unspecified atom stereocenters. The zero-order valence-corrected chi connectivity index (χ0v) is 13.9. The summed E-state index contributed by atoms with van der Waals surface area (Å²) in [7, 11) is 3.32. The Hall–Kier alpha value is -0.970. The predicted molar refractivity (Wildman–Crippen MR) is 86.9 cm³/mol. The average Bonchev–Trinajstić information content (AvgIpc) is 2.53. The SMILES string of the molecule is CCc1cc(CCN2CCNCC2)c(OC)c(Cl)c1OC. The van der Waals surface area contributed by atoms with Crippen LogP contribution in [0.2, 0.25) is 5.02 Å². The number of hydrogen-bond acceptors (Lipinski definition) is 4. The minimum absolute atomic E-state index is 0.592. The molecule has 1 aromatic rings. The van der Waals surface area contributed by atoms with Gasteiger partial charge in [-0.25, -0.2) is 0 Å². The van der Waals surface area contributed by atoms with Crippen LogP contribution in [0.3, 0.4) is 0 Å². The molecule has 1 aliphatic heterocycles. The van der Waals surface area contributed by atoms with Gasteiger partial charge >= 0.3 is 0 Å². The second-order valence-electron chi connectivity index (χ2n) is 5.27. The van der Waals surface area contributed by atoms with Crippen LogP contribution in [-0.2, 0) is 12.8 Å². The van der Waals surface area contributed by atoms with Gasteiger partial charge in [0.1, 0.15) is 16.5 Å². The third-order valence-corrected chi connectivity index (χ3v) is 4.37. The number of halogens is 1. The number of hydrogen-bond donors (Lipinski definition) is 1. The van der Waals surface area contributed by atoms with E-state index in [1.54, 1.807) is 14.2 Å².